The van der Waals surface area contributed by atoms with Crippen molar-refractivity contribution in [2.75, 3.05) is 13.1 Å². The lowest BCUT2D eigenvalue weighted by molar-refractivity contribution is -0.135. The zero-order valence-corrected chi connectivity index (χ0v) is 12.0. The van der Waals surface area contributed by atoms with E-state index in [1.807, 2.05) is 13.8 Å². The first-order valence-electron chi connectivity index (χ1n) is 7.71. The lowest BCUT2D eigenvalue weighted by Crippen LogP contribution is -2.51. The molecule has 18 heavy (non-hydrogen) atoms. The van der Waals surface area contributed by atoms with Gasteiger partial charge >= 0.3 is 0 Å². The molecule has 2 rings (SSSR count). The molecule has 104 valence electrons. The van der Waals surface area contributed by atoms with Gasteiger partial charge in [-0.15, -0.1) is 0 Å². The molecule has 1 N–H and O–H groups in total. The number of nitrogens with one attached hydrogen (secondary N) is 1. The molecule has 1 heterocycles. The van der Waals surface area contributed by atoms with Crippen molar-refractivity contribution in [3.8, 4) is 0 Å². The van der Waals surface area contributed by atoms with Crippen molar-refractivity contribution in [3.05, 3.63) is 0 Å². The second kappa shape index (κ2) is 6.55. The average Bonchev–Trinajstić information content (AvgIpc) is 2.39. The lowest BCUT2D eigenvalue weighted by Gasteiger charge is -2.37. The van der Waals surface area contributed by atoms with Gasteiger partial charge in [0.05, 0.1) is 0 Å². The molecule has 2 aliphatic rings. The molecule has 0 aromatic heterocycles. The molecule has 1 amide bonds. The standard InChI is InChI=1S/C15H28N2O/c1-12(2)15(18)17-10-6-9-14(11-17)16-13-7-4-3-5-8-13/h12-14,16H,3-11H2,1-2H3. The molecule has 1 saturated heterocycles. The summed E-state index contributed by atoms with van der Waals surface area (Å²) in [7, 11) is 0. The Kier molecular flexibility index (Phi) is 5.04. The van der Waals surface area contributed by atoms with Gasteiger partial charge in [0.25, 0.3) is 0 Å². The van der Waals surface area contributed by atoms with Crippen LogP contribution < -0.4 is 5.32 Å². The third-order valence-electron chi connectivity index (χ3n) is 4.30. The summed E-state index contributed by atoms with van der Waals surface area (Å²) in [6.07, 6.45) is 9.20. The fraction of sp³-hybridized carbons (Fsp3) is 0.933. The molecular formula is C15H28N2O. The first-order chi connectivity index (χ1) is 8.66. The fourth-order valence-electron chi connectivity index (χ4n) is 3.28. The van der Waals surface area contributed by atoms with Gasteiger partial charge in [-0.05, 0) is 25.7 Å². The van der Waals surface area contributed by atoms with E-state index >= 15 is 0 Å². The van der Waals surface area contributed by atoms with Gasteiger partial charge in [0.1, 0.15) is 0 Å². The van der Waals surface area contributed by atoms with Crippen molar-refractivity contribution < 1.29 is 4.79 Å². The molecule has 0 aromatic carbocycles. The summed E-state index contributed by atoms with van der Waals surface area (Å²) in [6, 6.07) is 1.24. The summed E-state index contributed by atoms with van der Waals surface area (Å²) in [4.78, 5) is 14.1. The van der Waals surface area contributed by atoms with Crippen molar-refractivity contribution in [2.45, 2.75) is 70.9 Å². The largest absolute Gasteiger partial charge is 0.341 e. The highest BCUT2D eigenvalue weighted by Crippen LogP contribution is 2.20. The topological polar surface area (TPSA) is 32.3 Å². The van der Waals surface area contributed by atoms with Crippen LogP contribution in [-0.2, 0) is 4.79 Å². The zero-order chi connectivity index (χ0) is 13.0. The zero-order valence-electron chi connectivity index (χ0n) is 12.0. The molecule has 2 fully saturated rings. The number of amides is 1. The number of nitrogens with zero attached hydrogens (tertiary/aromatic N) is 1. The smallest absolute Gasteiger partial charge is 0.225 e. The molecule has 1 atom stereocenters. The summed E-state index contributed by atoms with van der Waals surface area (Å²) in [5.74, 6) is 0.462. The van der Waals surface area contributed by atoms with E-state index in [4.69, 9.17) is 0 Å². The van der Waals surface area contributed by atoms with E-state index in [0.29, 0.717) is 18.0 Å². The van der Waals surface area contributed by atoms with Gasteiger partial charge in [-0.2, -0.15) is 0 Å². The van der Waals surface area contributed by atoms with Crippen LogP contribution >= 0.6 is 0 Å². The molecule has 1 saturated carbocycles. The first kappa shape index (κ1) is 13.9. The molecule has 3 nitrogen and oxygen atoms in total. The van der Waals surface area contributed by atoms with Crippen LogP contribution in [0.15, 0.2) is 0 Å². The summed E-state index contributed by atoms with van der Waals surface area (Å²) in [6.45, 7) is 5.88. The third kappa shape index (κ3) is 3.71. The van der Waals surface area contributed by atoms with Gasteiger partial charge in [-0.1, -0.05) is 33.1 Å². The summed E-state index contributed by atoms with van der Waals surface area (Å²) in [5, 5.41) is 3.79. The van der Waals surface area contributed by atoms with Crippen LogP contribution in [0.3, 0.4) is 0 Å². The summed E-state index contributed by atoms with van der Waals surface area (Å²) < 4.78 is 0. The van der Waals surface area contributed by atoms with Crippen LogP contribution in [0.1, 0.15) is 58.8 Å². The van der Waals surface area contributed by atoms with E-state index < -0.39 is 0 Å². The second-order valence-electron chi connectivity index (χ2n) is 6.28. The Bertz CT molecular complexity index is 272. The van der Waals surface area contributed by atoms with Crippen LogP contribution in [0.25, 0.3) is 0 Å². The van der Waals surface area contributed by atoms with Gasteiger partial charge in [-0.25, -0.2) is 0 Å². The molecule has 3 heteroatoms. The maximum absolute atomic E-state index is 12.0. The van der Waals surface area contributed by atoms with Crippen LogP contribution in [0.5, 0.6) is 0 Å². The van der Waals surface area contributed by atoms with Crippen molar-refractivity contribution in [1.82, 2.24) is 10.2 Å². The number of hydrogen-bond donors (Lipinski definition) is 1. The maximum atomic E-state index is 12.0. The molecular weight excluding hydrogens is 224 g/mol. The van der Waals surface area contributed by atoms with Gasteiger partial charge in [0, 0.05) is 31.1 Å². The Morgan fingerprint density at radius 3 is 2.39 bits per heavy atom. The highest BCUT2D eigenvalue weighted by atomic mass is 16.2. The van der Waals surface area contributed by atoms with Crippen LogP contribution in [0.4, 0.5) is 0 Å². The van der Waals surface area contributed by atoms with Crippen LogP contribution in [0, 0.1) is 5.92 Å². The van der Waals surface area contributed by atoms with E-state index in [-0.39, 0.29) is 5.92 Å². The predicted octanol–water partition coefficient (Wildman–Crippen LogP) is 2.56. The molecule has 0 spiro atoms. The van der Waals surface area contributed by atoms with Crippen molar-refractivity contribution in [2.24, 2.45) is 5.92 Å². The van der Waals surface area contributed by atoms with Crippen molar-refractivity contribution >= 4 is 5.91 Å². The number of carbonyl (C=O) groups excluding carboxylic acids is 1. The number of likely N-dealkylation sites (tertiary alicyclic amines) is 1. The molecule has 1 unspecified atom stereocenters. The number of carbonyl (C=O) groups is 1. The Hall–Kier alpha value is -0.570. The molecule has 0 radical (unpaired) electrons. The minimum absolute atomic E-state index is 0.137. The van der Waals surface area contributed by atoms with E-state index in [1.54, 1.807) is 0 Å². The summed E-state index contributed by atoms with van der Waals surface area (Å²) >= 11 is 0. The average molecular weight is 252 g/mol. The van der Waals surface area contributed by atoms with Crippen molar-refractivity contribution in [3.63, 3.8) is 0 Å². The third-order valence-corrected chi connectivity index (χ3v) is 4.30. The Balaban J connectivity index is 1.80. The minimum atomic E-state index is 0.137. The van der Waals surface area contributed by atoms with E-state index in [9.17, 15) is 4.79 Å². The SMILES string of the molecule is CC(C)C(=O)N1CCCC(NC2CCCCC2)C1. The quantitative estimate of drug-likeness (QED) is 0.837. The van der Waals surface area contributed by atoms with Crippen molar-refractivity contribution in [1.29, 1.82) is 0 Å². The Labute approximate surface area is 111 Å². The van der Waals surface area contributed by atoms with E-state index in [2.05, 4.69) is 10.2 Å². The lowest BCUT2D eigenvalue weighted by atomic mass is 9.93. The maximum Gasteiger partial charge on any atom is 0.225 e. The molecule has 1 aliphatic carbocycles. The fourth-order valence-corrected chi connectivity index (χ4v) is 3.28. The van der Waals surface area contributed by atoms with E-state index in [0.717, 1.165) is 19.5 Å². The Morgan fingerprint density at radius 1 is 1.06 bits per heavy atom. The monoisotopic (exact) mass is 252 g/mol. The van der Waals surface area contributed by atoms with Gasteiger partial charge in [-0.3, -0.25) is 4.79 Å². The normalized spacial score (nSPS) is 26.6. The number of rotatable bonds is 3. The molecule has 0 bridgehead atoms. The first-order valence-corrected chi connectivity index (χ1v) is 7.71. The van der Waals surface area contributed by atoms with Gasteiger partial charge < -0.3 is 10.2 Å². The summed E-state index contributed by atoms with van der Waals surface area (Å²) in [5.41, 5.74) is 0. The molecule has 1 aliphatic heterocycles. The van der Waals surface area contributed by atoms with Crippen LogP contribution in [0.2, 0.25) is 0 Å². The number of hydrogen-bond acceptors (Lipinski definition) is 2. The van der Waals surface area contributed by atoms with Gasteiger partial charge in [0.2, 0.25) is 5.91 Å². The number of piperidine rings is 1. The van der Waals surface area contributed by atoms with Crippen LogP contribution in [-0.4, -0.2) is 36.0 Å². The predicted molar refractivity (Wildman–Crippen MR) is 74.4 cm³/mol. The highest BCUT2D eigenvalue weighted by molar-refractivity contribution is 5.78. The Morgan fingerprint density at radius 2 is 1.72 bits per heavy atom. The second-order valence-corrected chi connectivity index (χ2v) is 6.28. The minimum Gasteiger partial charge on any atom is -0.341 e. The van der Waals surface area contributed by atoms with E-state index in [1.165, 1.54) is 38.5 Å². The highest BCUT2D eigenvalue weighted by Gasteiger charge is 2.26. The molecule has 0 aromatic rings. The van der Waals surface area contributed by atoms with Gasteiger partial charge in [0.15, 0.2) is 0 Å².